The summed E-state index contributed by atoms with van der Waals surface area (Å²) in [6.45, 7) is 6.11. The number of anilines is 1. The van der Waals surface area contributed by atoms with Crippen LogP contribution in [0.4, 0.5) is 10.1 Å². The standard InChI is InChI=1S/C36H36FN5O5/c1-24-12-17-41(18-13-24)16-6-20-46-33-23-29-27(22-32(33)45-2)30(11-14-38-29)47-31-10-9-25(21-28(31)37)40-35(43)34-36(44)42(19-15-39-34)26-7-4-3-5-8-26/h3-5,7-11,14-15,19,21-24H,6,12-13,16-18,20H2,1-2H3,(H,40,43). The van der Waals surface area contributed by atoms with Crippen molar-refractivity contribution in [1.82, 2.24) is 19.4 Å². The third-order valence-corrected chi connectivity index (χ3v) is 8.24. The van der Waals surface area contributed by atoms with E-state index in [0.29, 0.717) is 40.4 Å². The molecule has 3 aromatic carbocycles. The molecule has 10 nitrogen and oxygen atoms in total. The van der Waals surface area contributed by atoms with Gasteiger partial charge in [-0.25, -0.2) is 9.37 Å². The Balaban J connectivity index is 1.13. The highest BCUT2D eigenvalue weighted by atomic mass is 19.1. The molecule has 1 aliphatic rings. The first-order valence-corrected chi connectivity index (χ1v) is 15.6. The molecule has 1 fully saturated rings. The predicted molar refractivity (Wildman–Crippen MR) is 178 cm³/mol. The molecule has 1 saturated heterocycles. The quantitative estimate of drug-likeness (QED) is 0.164. The fourth-order valence-corrected chi connectivity index (χ4v) is 5.58. The van der Waals surface area contributed by atoms with Gasteiger partial charge in [0, 0.05) is 54.0 Å². The summed E-state index contributed by atoms with van der Waals surface area (Å²) in [5.41, 5.74) is 0.397. The zero-order valence-electron chi connectivity index (χ0n) is 26.3. The Morgan fingerprint density at radius 3 is 2.53 bits per heavy atom. The largest absolute Gasteiger partial charge is 0.493 e. The summed E-state index contributed by atoms with van der Waals surface area (Å²) in [5.74, 6) is 0.713. The van der Waals surface area contributed by atoms with Gasteiger partial charge in [0.05, 0.1) is 19.2 Å². The first kappa shape index (κ1) is 31.7. The molecular weight excluding hydrogens is 601 g/mol. The number of carbonyl (C=O) groups is 1. The molecule has 242 valence electrons. The van der Waals surface area contributed by atoms with Crippen LogP contribution in [0.1, 0.15) is 36.7 Å². The average molecular weight is 638 g/mol. The Morgan fingerprint density at radius 1 is 0.957 bits per heavy atom. The summed E-state index contributed by atoms with van der Waals surface area (Å²) in [6.07, 6.45) is 7.79. The summed E-state index contributed by atoms with van der Waals surface area (Å²) in [7, 11) is 1.56. The first-order chi connectivity index (χ1) is 22.9. The van der Waals surface area contributed by atoms with E-state index in [4.69, 9.17) is 14.2 Å². The Morgan fingerprint density at radius 2 is 1.77 bits per heavy atom. The number of para-hydroxylation sites is 1. The number of hydrogen-bond acceptors (Lipinski definition) is 8. The van der Waals surface area contributed by atoms with Gasteiger partial charge in [-0.3, -0.25) is 19.1 Å². The van der Waals surface area contributed by atoms with Crippen LogP contribution in [0.5, 0.6) is 23.0 Å². The molecule has 0 bridgehead atoms. The lowest BCUT2D eigenvalue weighted by atomic mass is 9.99. The lowest BCUT2D eigenvalue weighted by Gasteiger charge is -2.30. The van der Waals surface area contributed by atoms with Gasteiger partial charge in [0.1, 0.15) is 5.75 Å². The Bertz CT molecular complexity index is 1930. The Hall–Kier alpha value is -5.29. The molecule has 0 saturated carbocycles. The van der Waals surface area contributed by atoms with E-state index in [9.17, 15) is 9.59 Å². The SMILES string of the molecule is COc1cc2c(Oc3ccc(NC(=O)c4nccn(-c5ccccc5)c4=O)cc3F)ccnc2cc1OCCCN1CCC(C)CC1. The first-order valence-electron chi connectivity index (χ1n) is 15.6. The minimum Gasteiger partial charge on any atom is -0.493 e. The van der Waals surface area contributed by atoms with E-state index in [1.165, 1.54) is 41.9 Å². The van der Waals surface area contributed by atoms with Crippen molar-refractivity contribution in [3.05, 3.63) is 107 Å². The molecule has 0 radical (unpaired) electrons. The van der Waals surface area contributed by atoms with Gasteiger partial charge in [-0.1, -0.05) is 25.1 Å². The maximum atomic E-state index is 15.3. The van der Waals surface area contributed by atoms with Gasteiger partial charge in [0.15, 0.2) is 28.8 Å². The number of ether oxygens (including phenoxy) is 3. The molecule has 6 rings (SSSR count). The number of rotatable bonds is 11. The van der Waals surface area contributed by atoms with Crippen molar-refractivity contribution in [3.8, 4) is 28.7 Å². The van der Waals surface area contributed by atoms with Gasteiger partial charge in [0.2, 0.25) is 0 Å². The van der Waals surface area contributed by atoms with Gasteiger partial charge in [0.25, 0.3) is 11.5 Å². The molecule has 1 aliphatic heterocycles. The van der Waals surface area contributed by atoms with Crippen LogP contribution < -0.4 is 25.1 Å². The third-order valence-electron chi connectivity index (χ3n) is 8.24. The number of piperidine rings is 1. The van der Waals surface area contributed by atoms with Crippen molar-refractivity contribution in [2.24, 2.45) is 5.92 Å². The number of pyridine rings is 1. The van der Waals surface area contributed by atoms with Crippen LogP contribution in [0.3, 0.4) is 0 Å². The number of nitrogens with zero attached hydrogens (tertiary/aromatic N) is 4. The molecule has 3 heterocycles. The van der Waals surface area contributed by atoms with E-state index < -0.39 is 17.3 Å². The molecule has 5 aromatic rings. The highest BCUT2D eigenvalue weighted by molar-refractivity contribution is 6.02. The lowest BCUT2D eigenvalue weighted by molar-refractivity contribution is 0.102. The van der Waals surface area contributed by atoms with Crippen LogP contribution in [0.2, 0.25) is 0 Å². The van der Waals surface area contributed by atoms with Crippen molar-refractivity contribution in [3.63, 3.8) is 0 Å². The van der Waals surface area contributed by atoms with Crippen LogP contribution in [-0.2, 0) is 0 Å². The van der Waals surface area contributed by atoms with E-state index in [0.717, 1.165) is 38.0 Å². The van der Waals surface area contributed by atoms with E-state index in [1.54, 1.807) is 55.8 Å². The van der Waals surface area contributed by atoms with E-state index in [-0.39, 0.29) is 17.1 Å². The van der Waals surface area contributed by atoms with Crippen molar-refractivity contribution >= 4 is 22.5 Å². The van der Waals surface area contributed by atoms with Crippen molar-refractivity contribution < 1.29 is 23.4 Å². The summed E-state index contributed by atoms with van der Waals surface area (Å²) >= 11 is 0. The molecule has 47 heavy (non-hydrogen) atoms. The average Bonchev–Trinajstić information content (AvgIpc) is 3.09. The second-order valence-electron chi connectivity index (χ2n) is 11.5. The van der Waals surface area contributed by atoms with Crippen LogP contribution >= 0.6 is 0 Å². The van der Waals surface area contributed by atoms with E-state index in [2.05, 4.69) is 27.1 Å². The van der Waals surface area contributed by atoms with Crippen LogP contribution in [0, 0.1) is 11.7 Å². The predicted octanol–water partition coefficient (Wildman–Crippen LogP) is 6.47. The minimum absolute atomic E-state index is 0.0637. The Kier molecular flexibility index (Phi) is 9.72. The number of hydrogen-bond donors (Lipinski definition) is 1. The highest BCUT2D eigenvalue weighted by Gasteiger charge is 2.18. The molecule has 2 aromatic heterocycles. The topological polar surface area (TPSA) is 108 Å². The summed E-state index contributed by atoms with van der Waals surface area (Å²) in [6, 6.07) is 18.1. The Labute approximate surface area is 271 Å². The molecule has 1 N–H and O–H groups in total. The number of amides is 1. The number of nitrogens with one attached hydrogen (secondary N) is 1. The summed E-state index contributed by atoms with van der Waals surface area (Å²) in [5, 5.41) is 3.16. The monoisotopic (exact) mass is 637 g/mol. The van der Waals surface area contributed by atoms with Crippen molar-refractivity contribution in [2.45, 2.75) is 26.2 Å². The highest BCUT2D eigenvalue weighted by Crippen LogP contribution is 2.38. The van der Waals surface area contributed by atoms with Gasteiger partial charge >= 0.3 is 0 Å². The molecule has 11 heteroatoms. The molecule has 0 spiro atoms. The van der Waals surface area contributed by atoms with Crippen LogP contribution in [-0.4, -0.2) is 58.7 Å². The van der Waals surface area contributed by atoms with Crippen molar-refractivity contribution in [1.29, 1.82) is 0 Å². The maximum absolute atomic E-state index is 15.3. The van der Waals surface area contributed by atoms with Crippen molar-refractivity contribution in [2.75, 3.05) is 38.7 Å². The summed E-state index contributed by atoms with van der Waals surface area (Å²) < 4.78 is 34.3. The van der Waals surface area contributed by atoms with E-state index in [1.807, 2.05) is 6.07 Å². The summed E-state index contributed by atoms with van der Waals surface area (Å²) in [4.78, 5) is 36.8. The van der Waals surface area contributed by atoms with Gasteiger partial charge in [-0.2, -0.15) is 0 Å². The number of likely N-dealkylation sites (tertiary alicyclic amines) is 1. The third kappa shape index (κ3) is 7.41. The van der Waals surface area contributed by atoms with Gasteiger partial charge in [-0.05, 0) is 74.7 Å². The maximum Gasteiger partial charge on any atom is 0.286 e. The lowest BCUT2D eigenvalue weighted by Crippen LogP contribution is -2.34. The molecule has 1 amide bonds. The smallest absolute Gasteiger partial charge is 0.286 e. The zero-order valence-corrected chi connectivity index (χ0v) is 26.3. The molecule has 0 atom stereocenters. The molecular formula is C36H36FN5O5. The number of benzene rings is 3. The van der Waals surface area contributed by atoms with Crippen LogP contribution in [0.25, 0.3) is 16.6 Å². The zero-order chi connectivity index (χ0) is 32.8. The number of carbonyl (C=O) groups excluding carboxylic acids is 1. The number of fused-ring (bicyclic) bond motifs is 1. The normalized spacial score (nSPS) is 13.8. The molecule has 0 aliphatic carbocycles. The van der Waals surface area contributed by atoms with E-state index >= 15 is 4.39 Å². The number of aromatic nitrogens is 3. The minimum atomic E-state index is -0.764. The fourth-order valence-electron chi connectivity index (χ4n) is 5.58. The fraction of sp³-hybridized carbons (Fsp3) is 0.278. The second-order valence-corrected chi connectivity index (χ2v) is 11.5. The van der Waals surface area contributed by atoms with Gasteiger partial charge in [-0.15, -0.1) is 0 Å². The number of halogens is 1. The van der Waals surface area contributed by atoms with Crippen LogP contribution in [0.15, 0.2) is 90.1 Å². The second kappa shape index (κ2) is 14.4. The molecule has 0 unspecified atom stereocenters. The van der Waals surface area contributed by atoms with Gasteiger partial charge < -0.3 is 24.4 Å². The number of methoxy groups -OCH3 is 1.